The average Bonchev–Trinajstić information content (AvgIpc) is 3.03. The number of carbonyl (C=O) groups excluding carboxylic acids is 1. The van der Waals surface area contributed by atoms with E-state index in [0.29, 0.717) is 17.9 Å². The normalized spacial score (nSPS) is 10.8. The third-order valence-electron chi connectivity index (χ3n) is 4.78. The van der Waals surface area contributed by atoms with Crippen molar-refractivity contribution in [3.05, 3.63) is 94.1 Å². The summed E-state index contributed by atoms with van der Waals surface area (Å²) in [5, 5.41) is 13.7. The van der Waals surface area contributed by atoms with Crippen molar-refractivity contribution in [2.45, 2.75) is 19.9 Å². The second-order valence-corrected chi connectivity index (χ2v) is 6.92. The lowest BCUT2D eigenvalue weighted by Gasteiger charge is -2.08. The van der Waals surface area contributed by atoms with Crippen molar-refractivity contribution in [3.63, 3.8) is 0 Å². The summed E-state index contributed by atoms with van der Waals surface area (Å²) in [6.45, 7) is 2.45. The number of benzene rings is 2. The summed E-state index contributed by atoms with van der Waals surface area (Å²) in [4.78, 5) is 31.5. The topological polar surface area (TPSA) is 103 Å². The fourth-order valence-electron chi connectivity index (χ4n) is 3.31. The van der Waals surface area contributed by atoms with Crippen molar-refractivity contribution in [2.24, 2.45) is 0 Å². The zero-order valence-corrected chi connectivity index (χ0v) is 16.3. The molecule has 0 fully saturated rings. The Morgan fingerprint density at radius 2 is 1.93 bits per heavy atom. The van der Waals surface area contributed by atoms with Gasteiger partial charge in [-0.15, -0.1) is 0 Å². The largest absolute Gasteiger partial charge is 0.326 e. The highest BCUT2D eigenvalue weighted by Crippen LogP contribution is 2.22. The van der Waals surface area contributed by atoms with E-state index in [-0.39, 0.29) is 18.0 Å². The van der Waals surface area contributed by atoms with Crippen LogP contribution in [-0.2, 0) is 17.8 Å². The van der Waals surface area contributed by atoms with E-state index in [2.05, 4.69) is 15.3 Å². The predicted molar refractivity (Wildman–Crippen MR) is 113 cm³/mol. The van der Waals surface area contributed by atoms with Crippen LogP contribution in [0, 0.1) is 17.0 Å². The van der Waals surface area contributed by atoms with Crippen LogP contribution in [-0.4, -0.2) is 25.4 Å². The fourth-order valence-corrected chi connectivity index (χ4v) is 3.31. The first-order valence-electron chi connectivity index (χ1n) is 9.39. The Morgan fingerprint density at radius 3 is 2.63 bits per heavy atom. The van der Waals surface area contributed by atoms with Crippen LogP contribution in [0.4, 0.5) is 11.4 Å². The lowest BCUT2D eigenvalue weighted by atomic mass is 10.2. The van der Waals surface area contributed by atoms with Crippen LogP contribution in [0.15, 0.2) is 66.9 Å². The van der Waals surface area contributed by atoms with Crippen molar-refractivity contribution in [1.29, 1.82) is 0 Å². The van der Waals surface area contributed by atoms with Gasteiger partial charge in [-0.25, -0.2) is 4.98 Å². The smallest absolute Gasteiger partial charge is 0.269 e. The first-order chi connectivity index (χ1) is 14.5. The molecule has 0 saturated heterocycles. The van der Waals surface area contributed by atoms with Crippen molar-refractivity contribution < 1.29 is 9.72 Å². The van der Waals surface area contributed by atoms with E-state index in [1.54, 1.807) is 18.3 Å². The minimum Gasteiger partial charge on any atom is -0.326 e. The molecule has 0 radical (unpaired) electrons. The van der Waals surface area contributed by atoms with Crippen LogP contribution in [0.25, 0.3) is 11.0 Å². The monoisotopic (exact) mass is 401 g/mol. The molecule has 150 valence electrons. The Morgan fingerprint density at radius 1 is 1.13 bits per heavy atom. The molecule has 1 N–H and O–H groups in total. The fraction of sp³-hybridized carbons (Fsp3) is 0.136. The van der Waals surface area contributed by atoms with Gasteiger partial charge in [-0.1, -0.05) is 18.2 Å². The van der Waals surface area contributed by atoms with Crippen molar-refractivity contribution in [3.8, 4) is 0 Å². The van der Waals surface area contributed by atoms with Crippen LogP contribution in [0.2, 0.25) is 0 Å². The molecular weight excluding hydrogens is 382 g/mol. The minimum atomic E-state index is -0.411. The van der Waals surface area contributed by atoms with Gasteiger partial charge < -0.3 is 9.88 Å². The van der Waals surface area contributed by atoms with Crippen molar-refractivity contribution in [2.75, 3.05) is 5.32 Å². The number of hydrogen-bond donors (Lipinski definition) is 1. The summed E-state index contributed by atoms with van der Waals surface area (Å²) in [7, 11) is 0. The van der Waals surface area contributed by atoms with Crippen LogP contribution in [0.3, 0.4) is 0 Å². The van der Waals surface area contributed by atoms with E-state index in [1.807, 2.05) is 47.9 Å². The summed E-state index contributed by atoms with van der Waals surface area (Å²) in [5.74, 6) is 0.676. The summed E-state index contributed by atoms with van der Waals surface area (Å²) < 4.78 is 2.04. The van der Waals surface area contributed by atoms with Crippen LogP contribution >= 0.6 is 0 Å². The molecule has 2 aromatic carbocycles. The molecule has 0 aliphatic rings. The third kappa shape index (κ3) is 4.17. The van der Waals surface area contributed by atoms with Gasteiger partial charge in [0, 0.05) is 36.3 Å². The van der Waals surface area contributed by atoms with Gasteiger partial charge in [0.2, 0.25) is 5.91 Å². The van der Waals surface area contributed by atoms with Crippen LogP contribution in [0.1, 0.15) is 17.1 Å². The lowest BCUT2D eigenvalue weighted by molar-refractivity contribution is -0.384. The highest BCUT2D eigenvalue weighted by Gasteiger charge is 2.11. The number of nitro benzene ring substituents is 1. The Hall–Kier alpha value is -4.07. The van der Waals surface area contributed by atoms with Crippen molar-refractivity contribution >= 4 is 28.3 Å². The number of fused-ring (bicyclic) bond motifs is 1. The average molecular weight is 401 g/mol. The van der Waals surface area contributed by atoms with Gasteiger partial charge in [0.1, 0.15) is 5.82 Å². The molecule has 2 aromatic heterocycles. The van der Waals surface area contributed by atoms with Crippen molar-refractivity contribution in [1.82, 2.24) is 14.5 Å². The number of aromatic nitrogens is 3. The second-order valence-electron chi connectivity index (χ2n) is 6.92. The lowest BCUT2D eigenvalue weighted by Crippen LogP contribution is -2.15. The van der Waals surface area contributed by atoms with Crippen LogP contribution in [0.5, 0.6) is 0 Å². The molecule has 0 unspecified atom stereocenters. The Labute approximate surface area is 172 Å². The molecule has 0 saturated carbocycles. The molecule has 8 nitrogen and oxygen atoms in total. The highest BCUT2D eigenvalue weighted by molar-refractivity contribution is 5.94. The zero-order valence-electron chi connectivity index (χ0n) is 16.3. The Bertz CT molecular complexity index is 1220. The van der Waals surface area contributed by atoms with E-state index in [4.69, 9.17) is 0 Å². The zero-order chi connectivity index (χ0) is 21.1. The Kier molecular flexibility index (Phi) is 5.21. The Balaban J connectivity index is 1.52. The molecule has 1 amide bonds. The van der Waals surface area contributed by atoms with Gasteiger partial charge in [0.25, 0.3) is 5.69 Å². The number of non-ortho nitro benzene ring substituents is 1. The van der Waals surface area contributed by atoms with E-state index < -0.39 is 4.92 Å². The maximum Gasteiger partial charge on any atom is 0.269 e. The molecule has 30 heavy (non-hydrogen) atoms. The van der Waals surface area contributed by atoms with E-state index in [0.717, 1.165) is 22.4 Å². The van der Waals surface area contributed by atoms with E-state index >= 15 is 0 Å². The second kappa shape index (κ2) is 8.12. The molecule has 0 bridgehead atoms. The molecule has 0 aliphatic carbocycles. The SMILES string of the molecule is Cc1nc2cc(NC(=O)Cc3ccccn3)ccc2n1Cc1ccc([N+](=O)[O-])cc1. The number of nitrogens with one attached hydrogen (secondary N) is 1. The van der Waals surface area contributed by atoms with E-state index in [9.17, 15) is 14.9 Å². The van der Waals surface area contributed by atoms with E-state index in [1.165, 1.54) is 12.1 Å². The first-order valence-corrected chi connectivity index (χ1v) is 9.39. The van der Waals surface area contributed by atoms with Gasteiger partial charge in [0.15, 0.2) is 0 Å². The summed E-state index contributed by atoms with van der Waals surface area (Å²) in [6, 6.07) is 17.6. The first kappa shape index (κ1) is 19.3. The number of anilines is 1. The van der Waals surface area contributed by atoms with Gasteiger partial charge in [-0.3, -0.25) is 19.9 Å². The summed E-state index contributed by atoms with van der Waals surface area (Å²) in [5.41, 5.74) is 4.08. The quantitative estimate of drug-likeness (QED) is 0.390. The van der Waals surface area contributed by atoms with Gasteiger partial charge in [-0.05, 0) is 42.8 Å². The van der Waals surface area contributed by atoms with Crippen LogP contribution < -0.4 is 5.32 Å². The molecular formula is C22H19N5O3. The van der Waals surface area contributed by atoms with Gasteiger partial charge in [-0.2, -0.15) is 0 Å². The number of rotatable bonds is 6. The highest BCUT2D eigenvalue weighted by atomic mass is 16.6. The maximum atomic E-state index is 12.3. The molecule has 0 atom stereocenters. The molecule has 0 spiro atoms. The number of nitrogens with zero attached hydrogens (tertiary/aromatic N) is 4. The van der Waals surface area contributed by atoms with Gasteiger partial charge >= 0.3 is 0 Å². The third-order valence-corrected chi connectivity index (χ3v) is 4.78. The summed E-state index contributed by atoms with van der Waals surface area (Å²) >= 11 is 0. The standard InChI is InChI=1S/C22H19N5O3/c1-15-24-20-12-18(25-22(28)13-17-4-2-3-11-23-17)7-10-21(20)26(15)14-16-5-8-19(9-6-16)27(29)30/h2-12H,13-14H2,1H3,(H,25,28). The number of carbonyl (C=O) groups is 1. The molecule has 4 rings (SSSR count). The number of pyridine rings is 1. The molecule has 2 heterocycles. The number of nitro groups is 1. The molecule has 4 aromatic rings. The molecule has 0 aliphatic heterocycles. The molecule has 8 heteroatoms. The number of amides is 1. The number of imidazole rings is 1. The van der Waals surface area contributed by atoms with Gasteiger partial charge in [0.05, 0.1) is 22.4 Å². The number of aryl methyl sites for hydroxylation is 1. The summed E-state index contributed by atoms with van der Waals surface area (Å²) in [6.07, 6.45) is 1.86. The minimum absolute atomic E-state index is 0.0667. The number of hydrogen-bond acceptors (Lipinski definition) is 5. The maximum absolute atomic E-state index is 12.3. The predicted octanol–water partition coefficient (Wildman–Crippen LogP) is 3.88.